The van der Waals surface area contributed by atoms with Crippen LogP contribution in [-0.2, 0) is 6.54 Å². The number of pyridine rings is 1. The first-order valence-electron chi connectivity index (χ1n) is 5.77. The lowest BCUT2D eigenvalue weighted by Gasteiger charge is -2.09. The van der Waals surface area contributed by atoms with Crippen molar-refractivity contribution in [3.8, 4) is 0 Å². The van der Waals surface area contributed by atoms with Crippen molar-refractivity contribution in [1.82, 2.24) is 4.98 Å². The second kappa shape index (κ2) is 6.19. The monoisotopic (exact) mass is 355 g/mol. The summed E-state index contributed by atoms with van der Waals surface area (Å²) in [6.45, 7) is 2.16. The first-order chi connectivity index (χ1) is 9.47. The summed E-state index contributed by atoms with van der Waals surface area (Å²) < 4.78 is 0.678. The third kappa shape index (κ3) is 3.46. The molecule has 1 N–H and O–H groups in total. The molecule has 1 aromatic carbocycles. The zero-order chi connectivity index (χ0) is 14.7. The zero-order valence-electron chi connectivity index (χ0n) is 10.6. The summed E-state index contributed by atoms with van der Waals surface area (Å²) in [5, 5.41) is 14.6. The third-order valence-electron chi connectivity index (χ3n) is 2.77. The quantitative estimate of drug-likeness (QED) is 0.503. The lowest BCUT2D eigenvalue weighted by atomic mass is 10.1. The molecule has 2 rings (SSSR count). The lowest BCUT2D eigenvalue weighted by Crippen LogP contribution is -2.05. The number of nitrogens with zero attached hydrogens (tertiary/aromatic N) is 2. The molecule has 1 aromatic heterocycles. The van der Waals surface area contributed by atoms with Crippen molar-refractivity contribution in [3.63, 3.8) is 0 Å². The Hall–Kier alpha value is -1.66. The van der Waals surface area contributed by atoms with Gasteiger partial charge < -0.3 is 5.32 Å². The summed E-state index contributed by atoms with van der Waals surface area (Å²) in [7, 11) is 0. The van der Waals surface area contributed by atoms with Gasteiger partial charge in [0.15, 0.2) is 0 Å². The molecule has 20 heavy (non-hydrogen) atoms. The summed E-state index contributed by atoms with van der Waals surface area (Å²) >= 11 is 9.02. The van der Waals surface area contributed by atoms with Crippen LogP contribution in [0.5, 0.6) is 0 Å². The van der Waals surface area contributed by atoms with Crippen LogP contribution in [0.25, 0.3) is 0 Å². The highest BCUT2D eigenvalue weighted by Crippen LogP contribution is 2.25. The minimum atomic E-state index is -0.394. The van der Waals surface area contributed by atoms with Gasteiger partial charge in [0.1, 0.15) is 5.15 Å². The predicted molar refractivity (Wildman–Crippen MR) is 82.1 cm³/mol. The van der Waals surface area contributed by atoms with Gasteiger partial charge in [0.2, 0.25) is 0 Å². The maximum atomic E-state index is 11.0. The van der Waals surface area contributed by atoms with Crippen molar-refractivity contribution in [2.24, 2.45) is 0 Å². The van der Waals surface area contributed by atoms with Gasteiger partial charge in [0, 0.05) is 22.6 Å². The van der Waals surface area contributed by atoms with Crippen LogP contribution in [0.3, 0.4) is 0 Å². The molecule has 0 atom stereocenters. The fraction of sp³-hybridized carbons (Fsp3) is 0.154. The molecule has 0 aliphatic heterocycles. The van der Waals surface area contributed by atoms with Crippen molar-refractivity contribution in [3.05, 3.63) is 61.3 Å². The van der Waals surface area contributed by atoms with Crippen LogP contribution in [0.4, 0.5) is 11.4 Å². The van der Waals surface area contributed by atoms with Gasteiger partial charge in [-0.05, 0) is 31.2 Å². The lowest BCUT2D eigenvalue weighted by molar-refractivity contribution is -0.385. The first-order valence-corrected chi connectivity index (χ1v) is 6.94. The second-order valence-electron chi connectivity index (χ2n) is 4.15. The fourth-order valence-electron chi connectivity index (χ4n) is 1.76. The largest absolute Gasteiger partial charge is 0.379 e. The molecule has 7 heteroatoms. The summed E-state index contributed by atoms with van der Waals surface area (Å²) in [6, 6.07) is 8.46. The summed E-state index contributed by atoms with van der Waals surface area (Å²) in [5.41, 5.74) is 2.22. The van der Waals surface area contributed by atoms with E-state index in [1.807, 2.05) is 6.92 Å². The highest BCUT2D eigenvalue weighted by atomic mass is 79.9. The zero-order valence-corrected chi connectivity index (χ0v) is 12.9. The van der Waals surface area contributed by atoms with E-state index in [0.717, 1.165) is 11.4 Å². The van der Waals surface area contributed by atoms with Crippen LogP contribution in [0, 0.1) is 17.0 Å². The number of nitrogens with one attached hydrogen (secondary N) is 1. The second-order valence-corrected chi connectivity index (χ2v) is 5.45. The molecular weight excluding hydrogens is 346 g/mol. The molecule has 0 aliphatic rings. The molecule has 0 aliphatic carbocycles. The van der Waals surface area contributed by atoms with E-state index >= 15 is 0 Å². The van der Waals surface area contributed by atoms with E-state index in [4.69, 9.17) is 11.6 Å². The Labute approximate surface area is 129 Å². The molecule has 5 nitrogen and oxygen atoms in total. The number of nitro groups is 1. The smallest absolute Gasteiger partial charge is 0.275 e. The number of halogens is 2. The Bertz CT molecular complexity index is 664. The molecule has 104 valence electrons. The predicted octanol–water partition coefficient (Wildman–Crippen LogP) is 4.33. The SMILES string of the molecule is Cc1nc(Cl)ccc1NCc1ccc(Br)cc1[N+](=O)[O-]. The van der Waals surface area contributed by atoms with Gasteiger partial charge in [-0.1, -0.05) is 27.5 Å². The number of hydrogen-bond acceptors (Lipinski definition) is 4. The Morgan fingerprint density at radius 1 is 1.40 bits per heavy atom. The number of aromatic nitrogens is 1. The van der Waals surface area contributed by atoms with Crippen LogP contribution in [0.15, 0.2) is 34.8 Å². The normalized spacial score (nSPS) is 10.3. The Morgan fingerprint density at radius 2 is 2.15 bits per heavy atom. The van der Waals surface area contributed by atoms with Gasteiger partial charge in [-0.3, -0.25) is 10.1 Å². The molecule has 0 radical (unpaired) electrons. The van der Waals surface area contributed by atoms with E-state index in [9.17, 15) is 10.1 Å². The van der Waals surface area contributed by atoms with Crippen molar-refractivity contribution in [1.29, 1.82) is 0 Å². The van der Waals surface area contributed by atoms with Gasteiger partial charge in [0.25, 0.3) is 5.69 Å². The van der Waals surface area contributed by atoms with Crippen LogP contribution in [0.1, 0.15) is 11.3 Å². The highest BCUT2D eigenvalue weighted by Gasteiger charge is 2.14. The number of aryl methyl sites for hydroxylation is 1. The minimum Gasteiger partial charge on any atom is -0.379 e. The van der Waals surface area contributed by atoms with Crippen LogP contribution in [-0.4, -0.2) is 9.91 Å². The Balaban J connectivity index is 2.20. The van der Waals surface area contributed by atoms with Crippen molar-refractivity contribution < 1.29 is 4.92 Å². The molecule has 0 bridgehead atoms. The van der Waals surface area contributed by atoms with Gasteiger partial charge >= 0.3 is 0 Å². The molecule has 0 saturated carbocycles. The van der Waals surface area contributed by atoms with E-state index < -0.39 is 4.92 Å². The first kappa shape index (κ1) is 14.7. The number of anilines is 1. The minimum absolute atomic E-state index is 0.0754. The summed E-state index contributed by atoms with van der Waals surface area (Å²) in [5.74, 6) is 0. The highest BCUT2D eigenvalue weighted by molar-refractivity contribution is 9.10. The Kier molecular flexibility index (Phi) is 4.57. The van der Waals surface area contributed by atoms with Crippen LogP contribution < -0.4 is 5.32 Å². The van der Waals surface area contributed by atoms with Crippen LogP contribution in [0.2, 0.25) is 5.15 Å². The average Bonchev–Trinajstić information content (AvgIpc) is 2.38. The maximum Gasteiger partial charge on any atom is 0.275 e. The molecule has 0 spiro atoms. The molecule has 1 heterocycles. The number of benzene rings is 1. The number of hydrogen-bond donors (Lipinski definition) is 1. The fourth-order valence-corrected chi connectivity index (χ4v) is 2.30. The number of nitro benzene ring substituents is 1. The maximum absolute atomic E-state index is 11.0. The third-order valence-corrected chi connectivity index (χ3v) is 3.47. The van der Waals surface area contributed by atoms with Gasteiger partial charge in [-0.25, -0.2) is 4.98 Å². The van der Waals surface area contributed by atoms with Gasteiger partial charge in [0.05, 0.1) is 16.3 Å². The molecule has 2 aromatic rings. The van der Waals surface area contributed by atoms with Gasteiger partial charge in [-0.2, -0.15) is 0 Å². The van der Waals surface area contributed by atoms with E-state index in [1.54, 1.807) is 24.3 Å². The summed E-state index contributed by atoms with van der Waals surface area (Å²) in [6.07, 6.45) is 0. The van der Waals surface area contributed by atoms with E-state index in [2.05, 4.69) is 26.2 Å². The van der Waals surface area contributed by atoms with Crippen molar-refractivity contribution in [2.45, 2.75) is 13.5 Å². The van der Waals surface area contributed by atoms with E-state index in [0.29, 0.717) is 21.7 Å². The number of rotatable bonds is 4. The average molecular weight is 357 g/mol. The molecular formula is C13H11BrClN3O2. The molecule has 0 amide bonds. The van der Waals surface area contributed by atoms with Crippen molar-refractivity contribution >= 4 is 38.9 Å². The topological polar surface area (TPSA) is 68.1 Å². The van der Waals surface area contributed by atoms with E-state index in [-0.39, 0.29) is 5.69 Å². The molecule has 0 fully saturated rings. The molecule has 0 unspecified atom stereocenters. The van der Waals surface area contributed by atoms with Crippen molar-refractivity contribution in [2.75, 3.05) is 5.32 Å². The van der Waals surface area contributed by atoms with E-state index in [1.165, 1.54) is 6.07 Å². The van der Waals surface area contributed by atoms with Crippen LogP contribution >= 0.6 is 27.5 Å². The summed E-state index contributed by atoms with van der Waals surface area (Å²) in [4.78, 5) is 14.7. The molecule has 0 saturated heterocycles. The Morgan fingerprint density at radius 3 is 2.80 bits per heavy atom. The van der Waals surface area contributed by atoms with Gasteiger partial charge in [-0.15, -0.1) is 0 Å². The standard InChI is InChI=1S/C13H11BrClN3O2/c1-8-11(4-5-13(15)17-8)16-7-9-2-3-10(14)6-12(9)18(19)20/h2-6,16H,7H2,1H3.